The first-order valence-corrected chi connectivity index (χ1v) is 6.99. The molecule has 120 valence electrons. The van der Waals surface area contributed by atoms with E-state index in [1.165, 1.54) is 6.42 Å². The molecule has 0 bridgehead atoms. The molecule has 0 aromatic heterocycles. The van der Waals surface area contributed by atoms with Gasteiger partial charge >= 0.3 is 11.9 Å². The molecule has 6 heteroatoms. The highest BCUT2D eigenvalue weighted by molar-refractivity contribution is 5.89. The Bertz CT molecular complexity index is 499. The van der Waals surface area contributed by atoms with Gasteiger partial charge < -0.3 is 20.2 Å². The highest BCUT2D eigenvalue weighted by Gasteiger charge is 2.28. The molecule has 6 nitrogen and oxygen atoms in total. The lowest BCUT2D eigenvalue weighted by atomic mass is 10.0. The van der Waals surface area contributed by atoms with Gasteiger partial charge in [-0.25, -0.2) is 9.59 Å². The lowest BCUT2D eigenvalue weighted by molar-refractivity contribution is -0.134. The fourth-order valence-corrected chi connectivity index (χ4v) is 2.35. The molecule has 0 aliphatic carbocycles. The third-order valence-electron chi connectivity index (χ3n) is 3.45. The van der Waals surface area contributed by atoms with Crippen LogP contribution in [0.5, 0.6) is 0 Å². The van der Waals surface area contributed by atoms with E-state index in [2.05, 4.69) is 11.9 Å². The second-order valence-electron chi connectivity index (χ2n) is 5.06. The van der Waals surface area contributed by atoms with Crippen molar-refractivity contribution in [2.75, 3.05) is 13.6 Å². The van der Waals surface area contributed by atoms with Crippen LogP contribution in [0.3, 0.4) is 0 Å². The van der Waals surface area contributed by atoms with Gasteiger partial charge in [-0.05, 0) is 32.0 Å². The number of nitrogens with zero attached hydrogens (tertiary/aromatic N) is 1. The van der Waals surface area contributed by atoms with Crippen LogP contribution in [-0.4, -0.2) is 51.8 Å². The summed E-state index contributed by atoms with van der Waals surface area (Å²) < 4.78 is 0. The van der Waals surface area contributed by atoms with Crippen LogP contribution in [0.2, 0.25) is 0 Å². The van der Waals surface area contributed by atoms with Crippen molar-refractivity contribution >= 4 is 11.9 Å². The van der Waals surface area contributed by atoms with Crippen molar-refractivity contribution in [1.29, 1.82) is 0 Å². The summed E-state index contributed by atoms with van der Waals surface area (Å²) in [5, 5.41) is 25.8. The van der Waals surface area contributed by atoms with E-state index in [1.54, 1.807) is 0 Å². The number of aliphatic carboxylic acids is 2. The molecule has 0 amide bonds. The van der Waals surface area contributed by atoms with Crippen molar-refractivity contribution in [3.8, 4) is 0 Å². The van der Waals surface area contributed by atoms with Gasteiger partial charge in [-0.15, -0.1) is 0 Å². The molecule has 22 heavy (non-hydrogen) atoms. The number of benzene rings is 1. The van der Waals surface area contributed by atoms with Gasteiger partial charge in [0, 0.05) is 18.2 Å². The number of aliphatic hydroxyl groups is 1. The van der Waals surface area contributed by atoms with Crippen molar-refractivity contribution in [3.05, 3.63) is 48.0 Å². The van der Waals surface area contributed by atoms with Crippen molar-refractivity contribution in [1.82, 2.24) is 4.90 Å². The molecule has 1 aromatic rings. The molecular weight excluding hydrogens is 286 g/mol. The van der Waals surface area contributed by atoms with Gasteiger partial charge in [-0.3, -0.25) is 0 Å². The molecule has 2 rings (SSSR count). The SMILES string of the molecule is CN1CCC[C@H]1[C@@H](O)c1ccccc1.O=C(O)/C=C/C(=O)O. The topological polar surface area (TPSA) is 98.1 Å². The number of rotatable bonds is 4. The number of carbonyl (C=O) groups is 2. The minimum atomic E-state index is -1.26. The second-order valence-corrected chi connectivity index (χ2v) is 5.06. The lowest BCUT2D eigenvalue weighted by Crippen LogP contribution is -2.30. The van der Waals surface area contributed by atoms with Crippen LogP contribution >= 0.6 is 0 Å². The van der Waals surface area contributed by atoms with E-state index in [9.17, 15) is 14.7 Å². The van der Waals surface area contributed by atoms with Gasteiger partial charge in [0.1, 0.15) is 0 Å². The van der Waals surface area contributed by atoms with E-state index < -0.39 is 11.9 Å². The van der Waals surface area contributed by atoms with Crippen molar-refractivity contribution in [3.63, 3.8) is 0 Å². The highest BCUT2D eigenvalue weighted by Crippen LogP contribution is 2.27. The zero-order valence-corrected chi connectivity index (χ0v) is 12.4. The maximum absolute atomic E-state index is 10.1. The predicted molar refractivity (Wildman–Crippen MR) is 81.5 cm³/mol. The molecule has 1 saturated heterocycles. The number of hydrogen-bond donors (Lipinski definition) is 3. The standard InChI is InChI=1S/C12H17NO.C4H4O4/c1-13-9-5-8-11(13)12(14)10-6-3-2-4-7-10;5-3(6)1-2-4(7)8/h2-4,6-7,11-12,14H,5,8-9H2,1H3;1-2H,(H,5,6)(H,7,8)/b;2-1+/t11-,12-;/m0./s1. The first-order valence-electron chi connectivity index (χ1n) is 6.99. The number of carboxylic acids is 2. The second kappa shape index (κ2) is 8.96. The normalized spacial score (nSPS) is 19.5. The van der Waals surface area contributed by atoms with Crippen LogP contribution in [0.25, 0.3) is 0 Å². The number of hydrogen-bond acceptors (Lipinski definition) is 4. The Morgan fingerprint density at radius 1 is 1.18 bits per heavy atom. The van der Waals surface area contributed by atoms with Crippen molar-refractivity contribution < 1.29 is 24.9 Å². The Morgan fingerprint density at radius 2 is 1.73 bits per heavy atom. The molecule has 0 unspecified atom stereocenters. The van der Waals surface area contributed by atoms with E-state index in [4.69, 9.17) is 10.2 Å². The Labute approximate surface area is 129 Å². The highest BCUT2D eigenvalue weighted by atomic mass is 16.4. The van der Waals surface area contributed by atoms with Crippen LogP contribution in [0, 0.1) is 0 Å². The summed E-state index contributed by atoms with van der Waals surface area (Å²) in [5.41, 5.74) is 1.03. The van der Waals surface area contributed by atoms with Crippen molar-refractivity contribution in [2.24, 2.45) is 0 Å². The maximum Gasteiger partial charge on any atom is 0.328 e. The largest absolute Gasteiger partial charge is 0.478 e. The summed E-state index contributed by atoms with van der Waals surface area (Å²) in [4.78, 5) is 21.4. The van der Waals surface area contributed by atoms with Crippen LogP contribution in [-0.2, 0) is 9.59 Å². The molecule has 3 N–H and O–H groups in total. The first kappa shape index (κ1) is 17.9. The average Bonchev–Trinajstić information content (AvgIpc) is 2.92. The Kier molecular flexibility index (Phi) is 7.28. The van der Waals surface area contributed by atoms with Crippen LogP contribution < -0.4 is 0 Å². The third kappa shape index (κ3) is 6.07. The Balaban J connectivity index is 0.000000261. The maximum atomic E-state index is 10.1. The zero-order chi connectivity index (χ0) is 16.5. The molecule has 1 heterocycles. The minimum Gasteiger partial charge on any atom is -0.478 e. The van der Waals surface area contributed by atoms with E-state index in [-0.39, 0.29) is 6.10 Å². The molecular formula is C16H21NO5. The number of likely N-dealkylation sites (tertiary alicyclic amines) is 1. The monoisotopic (exact) mass is 307 g/mol. The fraction of sp³-hybridized carbons (Fsp3) is 0.375. The van der Waals surface area contributed by atoms with E-state index in [0.29, 0.717) is 18.2 Å². The van der Waals surface area contributed by atoms with Gasteiger partial charge in [-0.1, -0.05) is 30.3 Å². The fourth-order valence-electron chi connectivity index (χ4n) is 2.35. The van der Waals surface area contributed by atoms with Gasteiger partial charge in [0.2, 0.25) is 0 Å². The number of carboxylic acid groups (broad SMARTS) is 2. The molecule has 1 fully saturated rings. The zero-order valence-electron chi connectivity index (χ0n) is 12.4. The molecule has 0 radical (unpaired) electrons. The number of aliphatic hydroxyl groups excluding tert-OH is 1. The molecule has 1 aromatic carbocycles. The van der Waals surface area contributed by atoms with E-state index in [0.717, 1.165) is 18.5 Å². The van der Waals surface area contributed by atoms with Crippen LogP contribution in [0.4, 0.5) is 0 Å². The summed E-state index contributed by atoms with van der Waals surface area (Å²) >= 11 is 0. The Hall–Kier alpha value is -2.18. The van der Waals surface area contributed by atoms with Gasteiger partial charge in [0.05, 0.1) is 6.10 Å². The third-order valence-corrected chi connectivity index (χ3v) is 3.45. The summed E-state index contributed by atoms with van der Waals surface area (Å²) in [6.07, 6.45) is 3.09. The summed E-state index contributed by atoms with van der Waals surface area (Å²) in [7, 11) is 2.09. The average molecular weight is 307 g/mol. The summed E-state index contributed by atoms with van der Waals surface area (Å²) in [5.74, 6) is -2.51. The van der Waals surface area contributed by atoms with Gasteiger partial charge in [0.25, 0.3) is 0 Å². The Morgan fingerprint density at radius 3 is 2.14 bits per heavy atom. The summed E-state index contributed by atoms with van der Waals surface area (Å²) in [6.45, 7) is 1.11. The molecule has 2 atom stereocenters. The van der Waals surface area contributed by atoms with Crippen molar-refractivity contribution in [2.45, 2.75) is 25.0 Å². The number of likely N-dealkylation sites (N-methyl/N-ethyl adjacent to an activating group) is 1. The van der Waals surface area contributed by atoms with Gasteiger partial charge in [-0.2, -0.15) is 0 Å². The molecule has 0 saturated carbocycles. The molecule has 1 aliphatic heterocycles. The van der Waals surface area contributed by atoms with E-state index >= 15 is 0 Å². The predicted octanol–water partition coefficient (Wildman–Crippen LogP) is 1.53. The lowest BCUT2D eigenvalue weighted by Gasteiger charge is -2.25. The minimum absolute atomic E-state index is 0.303. The molecule has 1 aliphatic rings. The first-order chi connectivity index (χ1) is 10.4. The molecule has 0 spiro atoms. The van der Waals surface area contributed by atoms with Crippen LogP contribution in [0.1, 0.15) is 24.5 Å². The summed E-state index contributed by atoms with van der Waals surface area (Å²) in [6, 6.07) is 10.2. The van der Waals surface area contributed by atoms with Crippen LogP contribution in [0.15, 0.2) is 42.5 Å². The van der Waals surface area contributed by atoms with E-state index in [1.807, 2.05) is 30.3 Å². The smallest absolute Gasteiger partial charge is 0.328 e. The van der Waals surface area contributed by atoms with Gasteiger partial charge in [0.15, 0.2) is 0 Å². The quantitative estimate of drug-likeness (QED) is 0.730.